The van der Waals surface area contributed by atoms with Gasteiger partial charge < -0.3 is 9.73 Å². The normalized spacial score (nSPS) is 12.2. The maximum absolute atomic E-state index is 12.4. The van der Waals surface area contributed by atoms with Crippen molar-refractivity contribution in [1.82, 2.24) is 0 Å². The van der Waals surface area contributed by atoms with Crippen LogP contribution in [0.25, 0.3) is 33.4 Å². The monoisotopic (exact) mass is 610 g/mol. The molecule has 42 heavy (non-hydrogen) atoms. The van der Waals surface area contributed by atoms with Crippen LogP contribution >= 0.6 is 23.5 Å². The standard InChI is InChI=1S/C33H26N2O4S3/c1-40-30-12-6-4-10-26(30)34-21-15-17-23-28(19-21)39-29-20-22(35-27-11-5-7-13-31(27)41-2)16-18-24(29)33(23)25-9-3-8-14-32(25)42(36,37)38/h3-20,34H,1-2H3,(H,36,37,38)/b35-22+. The lowest BCUT2D eigenvalue weighted by atomic mass is 9.93. The van der Waals surface area contributed by atoms with Crippen molar-refractivity contribution in [3.63, 3.8) is 0 Å². The van der Waals surface area contributed by atoms with Gasteiger partial charge in [-0.05, 0) is 67.1 Å². The minimum absolute atomic E-state index is 0.169. The summed E-state index contributed by atoms with van der Waals surface area (Å²) in [7, 11) is -4.50. The third-order valence-electron chi connectivity index (χ3n) is 6.86. The van der Waals surface area contributed by atoms with E-state index in [9.17, 15) is 13.0 Å². The molecule has 0 saturated carbocycles. The molecule has 6 nitrogen and oxygen atoms in total. The van der Waals surface area contributed by atoms with E-state index in [1.165, 1.54) is 6.07 Å². The quantitative estimate of drug-likeness (QED) is 0.106. The Morgan fingerprint density at radius 1 is 0.762 bits per heavy atom. The van der Waals surface area contributed by atoms with Crippen molar-refractivity contribution >= 4 is 61.7 Å². The van der Waals surface area contributed by atoms with Gasteiger partial charge in [0, 0.05) is 49.7 Å². The molecular formula is C33H26N2O4S3. The number of anilines is 2. The number of benzene rings is 5. The molecular weight excluding hydrogens is 585 g/mol. The highest BCUT2D eigenvalue weighted by molar-refractivity contribution is 7.99. The highest BCUT2D eigenvalue weighted by Gasteiger charge is 2.23. The molecule has 0 radical (unpaired) electrons. The van der Waals surface area contributed by atoms with Crippen LogP contribution in [0.5, 0.6) is 0 Å². The number of para-hydroxylation sites is 2. The second-order valence-corrected chi connectivity index (χ2v) is 12.5. The molecule has 0 aromatic heterocycles. The van der Waals surface area contributed by atoms with E-state index in [1.807, 2.05) is 91.4 Å². The van der Waals surface area contributed by atoms with Crippen molar-refractivity contribution in [1.29, 1.82) is 0 Å². The second kappa shape index (κ2) is 11.7. The molecule has 1 aliphatic heterocycles. The Hall–Kier alpha value is -4.02. The lowest BCUT2D eigenvalue weighted by Gasteiger charge is -2.18. The van der Waals surface area contributed by atoms with Crippen molar-refractivity contribution in [2.24, 2.45) is 4.99 Å². The zero-order chi connectivity index (χ0) is 29.3. The number of fused-ring (bicyclic) bond motifs is 2. The summed E-state index contributed by atoms with van der Waals surface area (Å²) in [6.07, 6.45) is 4.04. The van der Waals surface area contributed by atoms with Gasteiger partial charge in [0.15, 0.2) is 0 Å². The molecule has 210 valence electrons. The molecule has 1 aliphatic carbocycles. The highest BCUT2D eigenvalue weighted by Crippen LogP contribution is 2.43. The summed E-state index contributed by atoms with van der Waals surface area (Å²) in [6, 6.07) is 33.8. The Bertz CT molecular complexity index is 2090. The number of nitrogens with zero attached hydrogens (tertiary/aromatic N) is 1. The Kier molecular flexibility index (Phi) is 7.83. The van der Waals surface area contributed by atoms with Crippen molar-refractivity contribution in [3.8, 4) is 22.5 Å². The summed E-state index contributed by atoms with van der Waals surface area (Å²) in [4.78, 5) is 6.85. The van der Waals surface area contributed by atoms with Gasteiger partial charge in [-0.2, -0.15) is 8.42 Å². The summed E-state index contributed by atoms with van der Waals surface area (Å²) < 4.78 is 41.5. The Balaban J connectivity index is 1.61. The molecule has 6 rings (SSSR count). The first-order chi connectivity index (χ1) is 20.4. The number of thioether (sulfide) groups is 2. The third kappa shape index (κ3) is 5.56. The van der Waals surface area contributed by atoms with E-state index >= 15 is 0 Å². The van der Waals surface area contributed by atoms with E-state index in [0.717, 1.165) is 26.9 Å². The van der Waals surface area contributed by atoms with Gasteiger partial charge in [0.1, 0.15) is 16.2 Å². The minimum Gasteiger partial charge on any atom is -0.456 e. The van der Waals surface area contributed by atoms with Crippen LogP contribution in [0.2, 0.25) is 0 Å². The largest absolute Gasteiger partial charge is 0.456 e. The fourth-order valence-corrected chi connectivity index (χ4v) is 6.77. The molecule has 0 spiro atoms. The highest BCUT2D eigenvalue weighted by atomic mass is 32.2. The third-order valence-corrected chi connectivity index (χ3v) is 9.35. The zero-order valence-electron chi connectivity index (χ0n) is 22.7. The fourth-order valence-electron chi connectivity index (χ4n) is 4.98. The first-order valence-electron chi connectivity index (χ1n) is 13.0. The van der Waals surface area contributed by atoms with Crippen LogP contribution in [0.15, 0.2) is 133 Å². The first-order valence-corrected chi connectivity index (χ1v) is 16.9. The number of hydrogen-bond donors (Lipinski definition) is 2. The molecule has 4 aromatic rings. The molecule has 4 aromatic carbocycles. The van der Waals surface area contributed by atoms with E-state index in [2.05, 4.69) is 11.4 Å². The molecule has 0 amide bonds. The average Bonchev–Trinajstić information content (AvgIpc) is 3.00. The van der Waals surface area contributed by atoms with Crippen LogP contribution in [0.1, 0.15) is 0 Å². The summed E-state index contributed by atoms with van der Waals surface area (Å²) in [5.74, 6) is 0.534. The van der Waals surface area contributed by atoms with Gasteiger partial charge >= 0.3 is 0 Å². The van der Waals surface area contributed by atoms with Crippen molar-refractivity contribution in [2.75, 3.05) is 17.8 Å². The molecule has 0 saturated heterocycles. The second-order valence-electron chi connectivity index (χ2n) is 9.45. The summed E-state index contributed by atoms with van der Waals surface area (Å²) in [5.41, 5.74) is 4.91. The first kappa shape index (κ1) is 28.1. The van der Waals surface area contributed by atoms with Gasteiger partial charge in [-0.1, -0.05) is 42.5 Å². The van der Waals surface area contributed by atoms with Gasteiger partial charge in [0.05, 0.1) is 16.7 Å². The average molecular weight is 611 g/mol. The van der Waals surface area contributed by atoms with Gasteiger partial charge in [-0.25, -0.2) is 4.99 Å². The molecule has 1 heterocycles. The Morgan fingerprint density at radius 3 is 2.26 bits per heavy atom. The maximum atomic E-state index is 12.4. The van der Waals surface area contributed by atoms with E-state index in [0.29, 0.717) is 38.8 Å². The predicted octanol–water partition coefficient (Wildman–Crippen LogP) is 8.87. The topological polar surface area (TPSA) is 91.9 Å². The molecule has 0 bridgehead atoms. The number of nitrogens with one attached hydrogen (secondary N) is 1. The number of hydrogen-bond acceptors (Lipinski definition) is 7. The van der Waals surface area contributed by atoms with E-state index in [1.54, 1.807) is 41.7 Å². The lowest BCUT2D eigenvalue weighted by Crippen LogP contribution is -2.05. The molecule has 0 atom stereocenters. The maximum Gasteiger partial charge on any atom is 0.295 e. The zero-order valence-corrected chi connectivity index (χ0v) is 25.2. The van der Waals surface area contributed by atoms with E-state index in [-0.39, 0.29) is 4.90 Å². The van der Waals surface area contributed by atoms with E-state index < -0.39 is 10.1 Å². The fraction of sp³-hybridized carbons (Fsp3) is 0.0606. The molecule has 2 N–H and O–H groups in total. The Labute approximate surface area is 252 Å². The van der Waals surface area contributed by atoms with Crippen LogP contribution in [-0.4, -0.2) is 25.5 Å². The lowest BCUT2D eigenvalue weighted by molar-refractivity contribution is 0.483. The molecule has 9 heteroatoms. The van der Waals surface area contributed by atoms with Crippen LogP contribution in [0, 0.1) is 0 Å². The van der Waals surface area contributed by atoms with Gasteiger partial charge in [-0.3, -0.25) is 4.55 Å². The molecule has 0 fully saturated rings. The number of rotatable bonds is 7. The van der Waals surface area contributed by atoms with Crippen molar-refractivity contribution < 1.29 is 17.4 Å². The van der Waals surface area contributed by atoms with Crippen LogP contribution in [0.3, 0.4) is 0 Å². The SMILES string of the molecule is CSc1ccccc1/N=c1\ccc2c(-c3ccccc3S(=O)(=O)O)c3ccc(Nc4ccccc4SC)cc3oc-2c1. The van der Waals surface area contributed by atoms with Gasteiger partial charge in [0.2, 0.25) is 0 Å². The van der Waals surface area contributed by atoms with Crippen molar-refractivity contribution in [3.05, 3.63) is 115 Å². The van der Waals surface area contributed by atoms with Crippen LogP contribution < -0.4 is 10.7 Å². The Morgan fingerprint density at radius 2 is 1.48 bits per heavy atom. The summed E-state index contributed by atoms with van der Waals surface area (Å²) >= 11 is 3.27. The van der Waals surface area contributed by atoms with Gasteiger partial charge in [-0.15, -0.1) is 23.5 Å². The summed E-state index contributed by atoms with van der Waals surface area (Å²) in [5, 5.41) is 4.88. The van der Waals surface area contributed by atoms with Crippen LogP contribution in [0.4, 0.5) is 17.1 Å². The predicted molar refractivity (Wildman–Crippen MR) is 173 cm³/mol. The molecule has 0 unspecified atom stereocenters. The van der Waals surface area contributed by atoms with Gasteiger partial charge in [0.25, 0.3) is 10.1 Å². The van der Waals surface area contributed by atoms with E-state index in [4.69, 9.17) is 9.41 Å². The van der Waals surface area contributed by atoms with Crippen LogP contribution in [-0.2, 0) is 10.1 Å². The smallest absolute Gasteiger partial charge is 0.295 e. The van der Waals surface area contributed by atoms with Crippen molar-refractivity contribution in [2.45, 2.75) is 14.7 Å². The minimum atomic E-state index is -4.50. The molecule has 2 aliphatic rings. The summed E-state index contributed by atoms with van der Waals surface area (Å²) in [6.45, 7) is 0.